The molecule has 0 atom stereocenters. The molecule has 0 saturated heterocycles. The maximum atomic E-state index is 5.78. The lowest BCUT2D eigenvalue weighted by molar-refractivity contribution is 0.174. The number of benzene rings is 2. The third-order valence-corrected chi connectivity index (χ3v) is 2.98. The van der Waals surface area contributed by atoms with Crippen molar-refractivity contribution in [3.63, 3.8) is 0 Å². The van der Waals surface area contributed by atoms with E-state index in [4.69, 9.17) is 24.7 Å². The van der Waals surface area contributed by atoms with Crippen LogP contribution in [0.2, 0.25) is 0 Å². The summed E-state index contributed by atoms with van der Waals surface area (Å²) in [4.78, 5) is 0. The molecule has 1 aliphatic rings. The molecule has 5 nitrogen and oxygen atoms in total. The molecule has 0 aromatic heterocycles. The van der Waals surface area contributed by atoms with Crippen LogP contribution in [0.4, 0.5) is 5.69 Å². The van der Waals surface area contributed by atoms with E-state index in [1.165, 1.54) is 0 Å². The van der Waals surface area contributed by atoms with Gasteiger partial charge in [0.05, 0.1) is 7.11 Å². The number of hydrogen-bond acceptors (Lipinski definition) is 5. The van der Waals surface area contributed by atoms with Crippen LogP contribution in [-0.2, 0) is 6.61 Å². The SMILES string of the molecule is COc1cc(N)cc(OCc2ccc3c(c2)OCO3)c1. The van der Waals surface area contributed by atoms with Gasteiger partial charge in [-0.25, -0.2) is 0 Å². The van der Waals surface area contributed by atoms with Crippen molar-refractivity contribution in [2.75, 3.05) is 19.6 Å². The number of nitrogen functional groups attached to an aromatic ring is 1. The molecule has 1 aliphatic heterocycles. The van der Waals surface area contributed by atoms with Gasteiger partial charge < -0.3 is 24.7 Å². The Morgan fingerprint density at radius 1 is 1.05 bits per heavy atom. The summed E-state index contributed by atoms with van der Waals surface area (Å²) in [6.45, 7) is 0.690. The highest BCUT2D eigenvalue weighted by atomic mass is 16.7. The monoisotopic (exact) mass is 273 g/mol. The molecule has 2 aromatic rings. The van der Waals surface area contributed by atoms with E-state index in [1.54, 1.807) is 25.3 Å². The molecule has 0 radical (unpaired) electrons. The Labute approximate surface area is 116 Å². The molecule has 2 aromatic carbocycles. The lowest BCUT2D eigenvalue weighted by Crippen LogP contribution is -1.97. The largest absolute Gasteiger partial charge is 0.497 e. The van der Waals surface area contributed by atoms with Gasteiger partial charge in [0.15, 0.2) is 11.5 Å². The van der Waals surface area contributed by atoms with Crippen LogP contribution in [-0.4, -0.2) is 13.9 Å². The summed E-state index contributed by atoms with van der Waals surface area (Å²) in [5.41, 5.74) is 7.38. The summed E-state index contributed by atoms with van der Waals surface area (Å²) in [5.74, 6) is 2.85. The molecule has 2 N–H and O–H groups in total. The topological polar surface area (TPSA) is 62.9 Å². The molecular formula is C15H15NO4. The number of ether oxygens (including phenoxy) is 4. The molecule has 0 fully saturated rings. The summed E-state index contributed by atoms with van der Waals surface area (Å²) < 4.78 is 21.5. The molecule has 0 unspecified atom stereocenters. The maximum Gasteiger partial charge on any atom is 0.231 e. The highest BCUT2D eigenvalue weighted by Crippen LogP contribution is 2.33. The number of methoxy groups -OCH3 is 1. The van der Waals surface area contributed by atoms with Gasteiger partial charge in [0.2, 0.25) is 6.79 Å². The minimum atomic E-state index is 0.270. The van der Waals surface area contributed by atoms with E-state index >= 15 is 0 Å². The zero-order valence-corrected chi connectivity index (χ0v) is 11.1. The quantitative estimate of drug-likeness (QED) is 0.867. The van der Waals surface area contributed by atoms with E-state index in [0.29, 0.717) is 23.8 Å². The summed E-state index contributed by atoms with van der Waals surface area (Å²) >= 11 is 0. The van der Waals surface area contributed by atoms with Crippen LogP contribution in [0.25, 0.3) is 0 Å². The molecule has 0 spiro atoms. The number of hydrogen-bond donors (Lipinski definition) is 1. The molecule has 20 heavy (non-hydrogen) atoms. The zero-order valence-electron chi connectivity index (χ0n) is 11.1. The minimum absolute atomic E-state index is 0.270. The van der Waals surface area contributed by atoms with Crippen LogP contribution in [0.15, 0.2) is 36.4 Å². The van der Waals surface area contributed by atoms with Crippen molar-refractivity contribution in [2.24, 2.45) is 0 Å². The number of fused-ring (bicyclic) bond motifs is 1. The summed E-state index contributed by atoms with van der Waals surface area (Å²) in [6.07, 6.45) is 0. The van der Waals surface area contributed by atoms with Crippen molar-refractivity contribution >= 4 is 5.69 Å². The first-order valence-corrected chi connectivity index (χ1v) is 6.20. The van der Waals surface area contributed by atoms with Crippen molar-refractivity contribution in [1.82, 2.24) is 0 Å². The molecule has 5 heteroatoms. The summed E-state index contributed by atoms with van der Waals surface area (Å²) in [5, 5.41) is 0. The first-order valence-electron chi connectivity index (χ1n) is 6.20. The predicted octanol–water partition coefficient (Wildman–Crippen LogP) is 2.59. The lowest BCUT2D eigenvalue weighted by atomic mass is 10.2. The van der Waals surface area contributed by atoms with Gasteiger partial charge in [0, 0.05) is 23.9 Å². The molecular weight excluding hydrogens is 258 g/mol. The molecule has 0 bridgehead atoms. The molecule has 3 rings (SSSR count). The van der Waals surface area contributed by atoms with E-state index in [0.717, 1.165) is 17.1 Å². The van der Waals surface area contributed by atoms with Crippen molar-refractivity contribution in [1.29, 1.82) is 0 Å². The van der Waals surface area contributed by atoms with Crippen LogP contribution in [0.1, 0.15) is 5.56 Å². The van der Waals surface area contributed by atoms with Crippen molar-refractivity contribution in [3.05, 3.63) is 42.0 Å². The Morgan fingerprint density at radius 2 is 1.85 bits per heavy atom. The van der Waals surface area contributed by atoms with Gasteiger partial charge >= 0.3 is 0 Å². The molecule has 0 aliphatic carbocycles. The Bertz CT molecular complexity index is 627. The van der Waals surface area contributed by atoms with Crippen LogP contribution in [0.5, 0.6) is 23.0 Å². The fourth-order valence-electron chi connectivity index (χ4n) is 1.99. The fourth-order valence-corrected chi connectivity index (χ4v) is 1.99. The highest BCUT2D eigenvalue weighted by Gasteiger charge is 2.13. The number of nitrogens with two attached hydrogens (primary N) is 1. The Morgan fingerprint density at radius 3 is 2.70 bits per heavy atom. The maximum absolute atomic E-state index is 5.78. The Kier molecular flexibility index (Phi) is 3.25. The van der Waals surface area contributed by atoms with Gasteiger partial charge in [-0.2, -0.15) is 0 Å². The average Bonchev–Trinajstić information content (AvgIpc) is 2.92. The number of anilines is 1. The normalized spacial score (nSPS) is 12.2. The second kappa shape index (κ2) is 5.21. The molecule has 0 amide bonds. The second-order valence-corrected chi connectivity index (χ2v) is 4.42. The van der Waals surface area contributed by atoms with Gasteiger partial charge in [0.25, 0.3) is 0 Å². The fraction of sp³-hybridized carbons (Fsp3) is 0.200. The lowest BCUT2D eigenvalue weighted by Gasteiger charge is -2.09. The average molecular weight is 273 g/mol. The summed E-state index contributed by atoms with van der Waals surface area (Å²) in [6, 6.07) is 11.0. The van der Waals surface area contributed by atoms with E-state index in [1.807, 2.05) is 18.2 Å². The van der Waals surface area contributed by atoms with Gasteiger partial charge in [-0.3, -0.25) is 0 Å². The standard InChI is InChI=1S/C15H15NO4/c1-17-12-5-11(16)6-13(7-12)18-8-10-2-3-14-15(4-10)20-9-19-14/h2-7H,8-9,16H2,1H3. The Balaban J connectivity index is 1.71. The van der Waals surface area contributed by atoms with Crippen LogP contribution < -0.4 is 24.7 Å². The minimum Gasteiger partial charge on any atom is -0.497 e. The van der Waals surface area contributed by atoms with Crippen LogP contribution in [0, 0.1) is 0 Å². The highest BCUT2D eigenvalue weighted by molar-refractivity contribution is 5.50. The van der Waals surface area contributed by atoms with E-state index < -0.39 is 0 Å². The third-order valence-electron chi connectivity index (χ3n) is 2.98. The van der Waals surface area contributed by atoms with Crippen LogP contribution in [0.3, 0.4) is 0 Å². The van der Waals surface area contributed by atoms with Crippen LogP contribution >= 0.6 is 0 Å². The third kappa shape index (κ3) is 2.56. The van der Waals surface area contributed by atoms with Crippen molar-refractivity contribution in [2.45, 2.75) is 6.61 Å². The first-order chi connectivity index (χ1) is 9.74. The van der Waals surface area contributed by atoms with E-state index in [-0.39, 0.29) is 6.79 Å². The molecule has 104 valence electrons. The predicted molar refractivity (Wildman–Crippen MR) is 74.3 cm³/mol. The summed E-state index contributed by atoms with van der Waals surface area (Å²) in [7, 11) is 1.59. The van der Waals surface area contributed by atoms with Gasteiger partial charge in [-0.1, -0.05) is 6.07 Å². The van der Waals surface area contributed by atoms with Gasteiger partial charge in [-0.05, 0) is 17.7 Å². The van der Waals surface area contributed by atoms with E-state index in [2.05, 4.69) is 0 Å². The van der Waals surface area contributed by atoms with E-state index in [9.17, 15) is 0 Å². The second-order valence-electron chi connectivity index (χ2n) is 4.42. The van der Waals surface area contributed by atoms with Gasteiger partial charge in [-0.15, -0.1) is 0 Å². The van der Waals surface area contributed by atoms with Crippen molar-refractivity contribution < 1.29 is 18.9 Å². The first kappa shape index (κ1) is 12.5. The smallest absolute Gasteiger partial charge is 0.231 e. The Hall–Kier alpha value is -2.56. The number of rotatable bonds is 4. The zero-order chi connectivity index (χ0) is 13.9. The molecule has 0 saturated carbocycles. The van der Waals surface area contributed by atoms with Gasteiger partial charge in [0.1, 0.15) is 18.1 Å². The van der Waals surface area contributed by atoms with Crippen molar-refractivity contribution in [3.8, 4) is 23.0 Å². The molecule has 1 heterocycles.